The van der Waals surface area contributed by atoms with Crippen molar-refractivity contribution in [2.75, 3.05) is 6.61 Å². The van der Waals surface area contributed by atoms with Crippen LogP contribution in [0.15, 0.2) is 33.3 Å². The Balaban J connectivity index is 1.63. The van der Waals surface area contributed by atoms with E-state index in [4.69, 9.17) is 13.7 Å². The minimum Gasteiger partial charge on any atom is -0.478 e. The van der Waals surface area contributed by atoms with Crippen molar-refractivity contribution in [3.63, 3.8) is 0 Å². The van der Waals surface area contributed by atoms with Crippen molar-refractivity contribution in [2.45, 2.75) is 27.3 Å². The zero-order valence-corrected chi connectivity index (χ0v) is 14.2. The topological polar surface area (TPSA) is 103 Å². The Morgan fingerprint density at radius 2 is 2.16 bits per heavy atom. The van der Waals surface area contributed by atoms with Gasteiger partial charge in [-0.2, -0.15) is 4.98 Å². The van der Waals surface area contributed by atoms with Crippen LogP contribution < -0.4 is 10.1 Å². The van der Waals surface area contributed by atoms with Gasteiger partial charge in [0.2, 0.25) is 17.6 Å². The molecule has 8 heteroatoms. The van der Waals surface area contributed by atoms with Crippen molar-refractivity contribution in [2.24, 2.45) is 0 Å². The van der Waals surface area contributed by atoms with Crippen LogP contribution in [0.3, 0.4) is 0 Å². The fourth-order valence-corrected chi connectivity index (χ4v) is 2.30. The molecule has 3 aromatic rings. The standard InChI is InChI=1S/C17H18N4O4/c1-4-23-14-6-5-12(8-18-14)16-20-15(25-21-16)9-19-17(22)13-7-10(2)24-11(13)3/h5-8H,4,9H2,1-3H3,(H,19,22). The summed E-state index contributed by atoms with van der Waals surface area (Å²) < 4.78 is 15.8. The van der Waals surface area contributed by atoms with Crippen LogP contribution in [-0.4, -0.2) is 27.6 Å². The van der Waals surface area contributed by atoms with Crippen LogP contribution in [0.4, 0.5) is 0 Å². The van der Waals surface area contributed by atoms with Crippen molar-refractivity contribution in [1.82, 2.24) is 20.4 Å². The Morgan fingerprint density at radius 1 is 1.32 bits per heavy atom. The van der Waals surface area contributed by atoms with E-state index in [1.165, 1.54) is 0 Å². The molecule has 0 bridgehead atoms. The molecule has 3 aromatic heterocycles. The summed E-state index contributed by atoms with van der Waals surface area (Å²) in [6.45, 7) is 6.10. The summed E-state index contributed by atoms with van der Waals surface area (Å²) in [5.41, 5.74) is 1.19. The van der Waals surface area contributed by atoms with E-state index in [2.05, 4.69) is 20.4 Å². The minimum absolute atomic E-state index is 0.125. The van der Waals surface area contributed by atoms with Gasteiger partial charge in [-0.3, -0.25) is 4.79 Å². The van der Waals surface area contributed by atoms with Gasteiger partial charge in [0, 0.05) is 17.8 Å². The molecule has 0 atom stereocenters. The summed E-state index contributed by atoms with van der Waals surface area (Å²) in [4.78, 5) is 20.6. The molecule has 0 aromatic carbocycles. The maximum atomic E-state index is 12.1. The minimum atomic E-state index is -0.253. The first kappa shape index (κ1) is 16.7. The molecule has 3 heterocycles. The lowest BCUT2D eigenvalue weighted by atomic mass is 10.2. The number of nitrogens with zero attached hydrogens (tertiary/aromatic N) is 3. The van der Waals surface area contributed by atoms with Crippen LogP contribution in [0.2, 0.25) is 0 Å². The highest BCUT2D eigenvalue weighted by molar-refractivity contribution is 5.95. The Hall–Kier alpha value is -3.16. The van der Waals surface area contributed by atoms with Gasteiger partial charge in [0.1, 0.15) is 11.5 Å². The average molecular weight is 342 g/mol. The lowest BCUT2D eigenvalue weighted by Crippen LogP contribution is -2.23. The Morgan fingerprint density at radius 3 is 2.80 bits per heavy atom. The van der Waals surface area contributed by atoms with Gasteiger partial charge < -0.3 is 19.0 Å². The van der Waals surface area contributed by atoms with Gasteiger partial charge in [0.25, 0.3) is 5.91 Å². The smallest absolute Gasteiger partial charge is 0.255 e. The highest BCUT2D eigenvalue weighted by Gasteiger charge is 2.15. The number of hydrogen-bond donors (Lipinski definition) is 1. The molecular formula is C17H18N4O4. The molecule has 25 heavy (non-hydrogen) atoms. The van der Waals surface area contributed by atoms with Crippen LogP contribution in [0, 0.1) is 13.8 Å². The molecule has 130 valence electrons. The monoisotopic (exact) mass is 342 g/mol. The largest absolute Gasteiger partial charge is 0.478 e. The molecular weight excluding hydrogens is 324 g/mol. The molecule has 3 rings (SSSR count). The molecule has 0 aliphatic rings. The van der Waals surface area contributed by atoms with Crippen LogP contribution in [0.1, 0.15) is 34.7 Å². The second kappa shape index (κ2) is 7.16. The summed E-state index contributed by atoms with van der Waals surface area (Å²) in [6.07, 6.45) is 1.61. The third-order valence-corrected chi connectivity index (χ3v) is 3.44. The third kappa shape index (κ3) is 3.85. The normalized spacial score (nSPS) is 10.7. The maximum absolute atomic E-state index is 12.1. The van der Waals surface area contributed by atoms with Gasteiger partial charge in [0.05, 0.1) is 18.7 Å². The van der Waals surface area contributed by atoms with Crippen molar-refractivity contribution in [3.05, 3.63) is 47.4 Å². The predicted octanol–water partition coefficient (Wildman–Crippen LogP) is 2.67. The average Bonchev–Trinajstić information content (AvgIpc) is 3.20. The number of aryl methyl sites for hydroxylation is 2. The molecule has 0 saturated heterocycles. The fourth-order valence-electron chi connectivity index (χ4n) is 2.30. The number of carbonyl (C=O) groups is 1. The second-order valence-electron chi connectivity index (χ2n) is 5.34. The number of nitrogens with one attached hydrogen (secondary N) is 1. The van der Waals surface area contributed by atoms with Crippen molar-refractivity contribution in [1.29, 1.82) is 0 Å². The van der Waals surface area contributed by atoms with Crippen molar-refractivity contribution < 1.29 is 18.5 Å². The van der Waals surface area contributed by atoms with Gasteiger partial charge in [-0.05, 0) is 32.9 Å². The molecule has 0 fully saturated rings. The Bertz CT molecular complexity index is 867. The van der Waals surface area contributed by atoms with E-state index in [1.807, 2.05) is 6.92 Å². The molecule has 0 spiro atoms. The number of hydrogen-bond acceptors (Lipinski definition) is 7. The van der Waals surface area contributed by atoms with Gasteiger partial charge in [-0.15, -0.1) is 0 Å². The second-order valence-corrected chi connectivity index (χ2v) is 5.34. The number of pyridine rings is 1. The van der Waals surface area contributed by atoms with Gasteiger partial charge >= 0.3 is 0 Å². The number of ether oxygens (including phenoxy) is 1. The van der Waals surface area contributed by atoms with E-state index in [1.54, 1.807) is 38.2 Å². The number of carbonyl (C=O) groups excluding carboxylic acids is 1. The van der Waals surface area contributed by atoms with E-state index in [-0.39, 0.29) is 12.5 Å². The molecule has 8 nitrogen and oxygen atoms in total. The van der Waals surface area contributed by atoms with E-state index in [9.17, 15) is 4.79 Å². The SMILES string of the molecule is CCOc1ccc(-c2noc(CNC(=O)c3cc(C)oc3C)n2)cn1. The number of furan rings is 1. The fraction of sp³-hybridized carbons (Fsp3) is 0.294. The molecule has 0 radical (unpaired) electrons. The first-order valence-corrected chi connectivity index (χ1v) is 7.84. The summed E-state index contributed by atoms with van der Waals surface area (Å²) in [7, 11) is 0. The first-order valence-electron chi connectivity index (χ1n) is 7.84. The zero-order valence-electron chi connectivity index (χ0n) is 14.2. The van der Waals surface area contributed by atoms with Crippen molar-refractivity contribution >= 4 is 5.91 Å². The number of rotatable bonds is 6. The highest BCUT2D eigenvalue weighted by atomic mass is 16.5. The quantitative estimate of drug-likeness (QED) is 0.734. The molecule has 0 aliphatic heterocycles. The summed E-state index contributed by atoms with van der Waals surface area (Å²) in [6, 6.07) is 5.22. The lowest BCUT2D eigenvalue weighted by Gasteiger charge is -2.01. The van der Waals surface area contributed by atoms with Gasteiger partial charge in [-0.1, -0.05) is 5.16 Å². The van der Waals surface area contributed by atoms with Crippen LogP contribution in [-0.2, 0) is 6.54 Å². The number of aromatic nitrogens is 3. The molecule has 0 saturated carbocycles. The Kier molecular flexibility index (Phi) is 4.78. The van der Waals surface area contributed by atoms with E-state index < -0.39 is 0 Å². The Labute approximate surface area is 144 Å². The maximum Gasteiger partial charge on any atom is 0.255 e. The van der Waals surface area contributed by atoms with Crippen molar-refractivity contribution in [3.8, 4) is 17.3 Å². The van der Waals surface area contributed by atoms with Gasteiger partial charge in [-0.25, -0.2) is 4.98 Å². The van der Waals surface area contributed by atoms with E-state index >= 15 is 0 Å². The van der Waals surface area contributed by atoms with E-state index in [0.29, 0.717) is 46.8 Å². The third-order valence-electron chi connectivity index (χ3n) is 3.44. The summed E-state index contributed by atoms with van der Waals surface area (Å²) in [5.74, 6) is 2.24. The summed E-state index contributed by atoms with van der Waals surface area (Å²) >= 11 is 0. The molecule has 1 N–H and O–H groups in total. The lowest BCUT2D eigenvalue weighted by molar-refractivity contribution is 0.0944. The molecule has 0 unspecified atom stereocenters. The van der Waals surface area contributed by atoms with Gasteiger partial charge in [0.15, 0.2) is 0 Å². The highest BCUT2D eigenvalue weighted by Crippen LogP contribution is 2.18. The predicted molar refractivity (Wildman–Crippen MR) is 88.1 cm³/mol. The van der Waals surface area contributed by atoms with Crippen LogP contribution in [0.5, 0.6) is 5.88 Å². The summed E-state index contributed by atoms with van der Waals surface area (Å²) in [5, 5.41) is 6.63. The van der Waals surface area contributed by atoms with E-state index in [0.717, 1.165) is 0 Å². The zero-order chi connectivity index (χ0) is 17.8. The number of amides is 1. The van der Waals surface area contributed by atoms with Crippen LogP contribution >= 0.6 is 0 Å². The van der Waals surface area contributed by atoms with Crippen LogP contribution in [0.25, 0.3) is 11.4 Å². The molecule has 1 amide bonds. The first-order chi connectivity index (χ1) is 12.1. The molecule has 0 aliphatic carbocycles.